The van der Waals surface area contributed by atoms with Crippen molar-refractivity contribution in [1.29, 1.82) is 0 Å². The summed E-state index contributed by atoms with van der Waals surface area (Å²) < 4.78 is 4.81. The minimum atomic E-state index is -0.833. The van der Waals surface area contributed by atoms with Gasteiger partial charge in [-0.05, 0) is 39.7 Å². The summed E-state index contributed by atoms with van der Waals surface area (Å²) in [7, 11) is 0. The summed E-state index contributed by atoms with van der Waals surface area (Å²) in [5.41, 5.74) is 2.61. The molecular formula is C14H24O4. The molecule has 1 N–H and O–H groups in total. The zero-order valence-electron chi connectivity index (χ0n) is 11.9. The molecule has 0 aromatic carbocycles. The fraction of sp³-hybridized carbons (Fsp3) is 0.571. The number of hydrogen-bond donors (Lipinski definition) is 1. The van der Waals surface area contributed by atoms with Gasteiger partial charge in [-0.3, -0.25) is 9.59 Å². The Morgan fingerprint density at radius 1 is 1.06 bits per heavy atom. The van der Waals surface area contributed by atoms with E-state index in [1.54, 1.807) is 0 Å². The number of esters is 1. The average Bonchev–Trinajstić information content (AvgIpc) is 2.15. The molecule has 0 atom stereocenters. The van der Waals surface area contributed by atoms with Gasteiger partial charge in [-0.15, -0.1) is 0 Å². The lowest BCUT2D eigenvalue weighted by molar-refractivity contribution is -0.139. The third kappa shape index (κ3) is 23.9. The smallest absolute Gasteiger partial charge is 0.302 e. The van der Waals surface area contributed by atoms with Crippen LogP contribution in [0.1, 0.15) is 47.5 Å². The number of carbonyl (C=O) groups is 2. The first-order valence-electron chi connectivity index (χ1n) is 5.87. The summed E-state index contributed by atoms with van der Waals surface area (Å²) in [5, 5.41) is 7.42. The predicted octanol–water partition coefficient (Wildman–Crippen LogP) is 3.33. The SMILES string of the molecule is CC(=O)O.CC(=O)OC/C=C(\C)CCC=C(C)C. The van der Waals surface area contributed by atoms with Gasteiger partial charge in [0.1, 0.15) is 6.61 Å². The molecule has 18 heavy (non-hydrogen) atoms. The van der Waals surface area contributed by atoms with Gasteiger partial charge in [0.15, 0.2) is 0 Å². The molecule has 0 saturated carbocycles. The fourth-order valence-corrected chi connectivity index (χ4v) is 0.992. The summed E-state index contributed by atoms with van der Waals surface area (Å²) in [6, 6.07) is 0. The number of carboxylic acids is 1. The molecule has 0 aliphatic rings. The number of carboxylic acid groups (broad SMARTS) is 1. The largest absolute Gasteiger partial charge is 0.481 e. The number of allylic oxidation sites excluding steroid dienone is 3. The molecule has 0 saturated heterocycles. The summed E-state index contributed by atoms with van der Waals surface area (Å²) >= 11 is 0. The van der Waals surface area contributed by atoms with Crippen LogP contribution in [0.5, 0.6) is 0 Å². The van der Waals surface area contributed by atoms with Crippen LogP contribution in [0, 0.1) is 0 Å². The lowest BCUT2D eigenvalue weighted by Gasteiger charge is -2.00. The van der Waals surface area contributed by atoms with Crippen molar-refractivity contribution in [2.45, 2.75) is 47.5 Å². The molecule has 0 fully saturated rings. The van der Waals surface area contributed by atoms with Crippen LogP contribution in [0.15, 0.2) is 23.3 Å². The van der Waals surface area contributed by atoms with Crippen molar-refractivity contribution in [1.82, 2.24) is 0 Å². The molecule has 104 valence electrons. The Morgan fingerprint density at radius 3 is 1.94 bits per heavy atom. The molecule has 0 rings (SSSR count). The molecule has 0 aromatic heterocycles. The molecule has 4 heteroatoms. The van der Waals surface area contributed by atoms with Crippen LogP contribution < -0.4 is 0 Å². The maximum absolute atomic E-state index is 10.5. The van der Waals surface area contributed by atoms with Gasteiger partial charge in [-0.2, -0.15) is 0 Å². The normalized spacial score (nSPS) is 9.94. The van der Waals surface area contributed by atoms with Gasteiger partial charge in [0.2, 0.25) is 0 Å². The van der Waals surface area contributed by atoms with Crippen LogP contribution in [0.25, 0.3) is 0 Å². The lowest BCUT2D eigenvalue weighted by atomic mass is 10.1. The number of ether oxygens (including phenoxy) is 1. The monoisotopic (exact) mass is 256 g/mol. The molecule has 0 bridgehead atoms. The number of hydrogen-bond acceptors (Lipinski definition) is 3. The zero-order chi connectivity index (χ0) is 14.6. The topological polar surface area (TPSA) is 63.6 Å². The molecule has 0 aromatic rings. The predicted molar refractivity (Wildman–Crippen MR) is 72.4 cm³/mol. The summed E-state index contributed by atoms with van der Waals surface area (Å²) in [6.07, 6.45) is 6.26. The fourth-order valence-electron chi connectivity index (χ4n) is 0.992. The summed E-state index contributed by atoms with van der Waals surface area (Å²) in [6.45, 7) is 9.15. The summed E-state index contributed by atoms with van der Waals surface area (Å²) in [4.78, 5) is 19.5. The molecule has 0 amide bonds. The Hall–Kier alpha value is -1.58. The van der Waals surface area contributed by atoms with Crippen LogP contribution in [-0.2, 0) is 14.3 Å². The molecule has 0 spiro atoms. The third-order valence-corrected chi connectivity index (χ3v) is 1.81. The lowest BCUT2D eigenvalue weighted by Crippen LogP contribution is -1.98. The standard InChI is InChI=1S/C12H20O2.C2H4O2/c1-10(2)6-5-7-11(3)8-9-14-12(4)13;1-2(3)4/h6,8H,5,7,9H2,1-4H3;1H3,(H,3,4)/b11-8+;. The van der Waals surface area contributed by atoms with Crippen molar-refractivity contribution in [2.75, 3.05) is 6.61 Å². The van der Waals surface area contributed by atoms with E-state index in [2.05, 4.69) is 26.8 Å². The van der Waals surface area contributed by atoms with Gasteiger partial charge in [-0.1, -0.05) is 17.2 Å². The van der Waals surface area contributed by atoms with E-state index >= 15 is 0 Å². The van der Waals surface area contributed by atoms with Crippen LogP contribution in [-0.4, -0.2) is 23.7 Å². The van der Waals surface area contributed by atoms with E-state index < -0.39 is 5.97 Å². The Morgan fingerprint density at radius 2 is 1.56 bits per heavy atom. The maximum Gasteiger partial charge on any atom is 0.302 e. The first kappa shape index (κ1) is 18.8. The van der Waals surface area contributed by atoms with Gasteiger partial charge in [0.05, 0.1) is 0 Å². The van der Waals surface area contributed by atoms with Crippen molar-refractivity contribution in [3.05, 3.63) is 23.3 Å². The van der Waals surface area contributed by atoms with Crippen LogP contribution >= 0.6 is 0 Å². The van der Waals surface area contributed by atoms with Crippen molar-refractivity contribution < 1.29 is 19.4 Å². The molecular weight excluding hydrogens is 232 g/mol. The van der Waals surface area contributed by atoms with Crippen molar-refractivity contribution in [3.8, 4) is 0 Å². The van der Waals surface area contributed by atoms with Crippen LogP contribution in [0.2, 0.25) is 0 Å². The zero-order valence-corrected chi connectivity index (χ0v) is 11.9. The van der Waals surface area contributed by atoms with E-state index in [0.717, 1.165) is 19.8 Å². The second kappa shape index (κ2) is 11.9. The first-order valence-corrected chi connectivity index (χ1v) is 5.87. The van der Waals surface area contributed by atoms with Gasteiger partial charge in [0.25, 0.3) is 5.97 Å². The van der Waals surface area contributed by atoms with Gasteiger partial charge >= 0.3 is 5.97 Å². The van der Waals surface area contributed by atoms with Crippen LogP contribution in [0.3, 0.4) is 0 Å². The highest BCUT2D eigenvalue weighted by molar-refractivity contribution is 5.66. The summed E-state index contributed by atoms with van der Waals surface area (Å²) in [5.74, 6) is -1.06. The number of aliphatic carboxylic acids is 1. The minimum Gasteiger partial charge on any atom is -0.481 e. The highest BCUT2D eigenvalue weighted by Gasteiger charge is 1.91. The molecule has 4 nitrogen and oxygen atoms in total. The van der Waals surface area contributed by atoms with Gasteiger partial charge < -0.3 is 9.84 Å². The molecule has 0 heterocycles. The second-order valence-corrected chi connectivity index (χ2v) is 4.19. The molecule has 0 aliphatic carbocycles. The quantitative estimate of drug-likeness (QED) is 0.605. The van der Waals surface area contributed by atoms with E-state index in [1.807, 2.05) is 6.08 Å². The van der Waals surface area contributed by atoms with E-state index in [4.69, 9.17) is 14.6 Å². The number of carbonyl (C=O) groups excluding carboxylic acids is 1. The Balaban J connectivity index is 0. The highest BCUT2D eigenvalue weighted by atomic mass is 16.5. The Bertz CT molecular complexity index is 306. The average molecular weight is 256 g/mol. The van der Waals surface area contributed by atoms with Crippen molar-refractivity contribution in [3.63, 3.8) is 0 Å². The van der Waals surface area contributed by atoms with Crippen LogP contribution in [0.4, 0.5) is 0 Å². The van der Waals surface area contributed by atoms with E-state index in [9.17, 15) is 4.79 Å². The molecule has 0 aliphatic heterocycles. The Kier molecular flexibility index (Phi) is 12.4. The van der Waals surface area contributed by atoms with Crippen molar-refractivity contribution >= 4 is 11.9 Å². The Labute approximate surface area is 109 Å². The molecule has 0 unspecified atom stereocenters. The highest BCUT2D eigenvalue weighted by Crippen LogP contribution is 2.06. The minimum absolute atomic E-state index is 0.224. The maximum atomic E-state index is 10.5. The van der Waals surface area contributed by atoms with Gasteiger partial charge in [0, 0.05) is 13.8 Å². The van der Waals surface area contributed by atoms with E-state index in [-0.39, 0.29) is 5.97 Å². The number of rotatable bonds is 5. The van der Waals surface area contributed by atoms with Crippen molar-refractivity contribution in [2.24, 2.45) is 0 Å². The molecule has 0 radical (unpaired) electrons. The first-order chi connectivity index (χ1) is 8.25. The van der Waals surface area contributed by atoms with E-state index in [1.165, 1.54) is 18.1 Å². The third-order valence-electron chi connectivity index (χ3n) is 1.81. The van der Waals surface area contributed by atoms with Gasteiger partial charge in [-0.25, -0.2) is 0 Å². The second-order valence-electron chi connectivity index (χ2n) is 4.19. The van der Waals surface area contributed by atoms with E-state index in [0.29, 0.717) is 6.61 Å².